The van der Waals surface area contributed by atoms with Gasteiger partial charge in [-0.15, -0.1) is 0 Å². The van der Waals surface area contributed by atoms with Gasteiger partial charge in [0.2, 0.25) is 5.91 Å². The van der Waals surface area contributed by atoms with Crippen molar-refractivity contribution in [2.45, 2.75) is 39.2 Å². The van der Waals surface area contributed by atoms with Crippen molar-refractivity contribution in [3.8, 4) is 0 Å². The maximum absolute atomic E-state index is 12.4. The number of amides is 1. The van der Waals surface area contributed by atoms with Gasteiger partial charge < -0.3 is 10.6 Å². The van der Waals surface area contributed by atoms with Crippen LogP contribution in [0.25, 0.3) is 0 Å². The first kappa shape index (κ1) is 13.1. The molecule has 1 aliphatic rings. The van der Waals surface area contributed by atoms with Crippen molar-refractivity contribution in [3.05, 3.63) is 18.0 Å². The lowest BCUT2D eigenvalue weighted by Crippen LogP contribution is -2.47. The Hall–Kier alpha value is -1.36. The Morgan fingerprint density at radius 2 is 2.28 bits per heavy atom. The molecule has 1 aromatic heterocycles. The maximum Gasteiger partial charge on any atom is 0.226 e. The van der Waals surface area contributed by atoms with E-state index in [1.54, 1.807) is 6.20 Å². The predicted molar refractivity (Wildman–Crippen MR) is 69.9 cm³/mol. The van der Waals surface area contributed by atoms with Gasteiger partial charge in [0, 0.05) is 6.20 Å². The first-order valence-electron chi connectivity index (χ1n) is 6.74. The highest BCUT2D eigenvalue weighted by molar-refractivity contribution is 5.82. The molecule has 0 bridgehead atoms. The van der Waals surface area contributed by atoms with E-state index in [-0.39, 0.29) is 11.3 Å². The Balaban J connectivity index is 1.95. The van der Waals surface area contributed by atoms with Crippen LogP contribution in [-0.2, 0) is 11.3 Å². The highest BCUT2D eigenvalue weighted by Gasteiger charge is 2.38. The monoisotopic (exact) mass is 250 g/mol. The minimum absolute atomic E-state index is 0.167. The lowest BCUT2D eigenvalue weighted by molar-refractivity contribution is -0.133. The molecular formula is C13H22N4O. The average molecular weight is 250 g/mol. The molecule has 0 spiro atoms. The van der Waals surface area contributed by atoms with Gasteiger partial charge in [0.05, 0.1) is 17.7 Å². The molecule has 0 saturated carbocycles. The fourth-order valence-electron chi connectivity index (χ4n) is 2.72. The van der Waals surface area contributed by atoms with Crippen molar-refractivity contribution < 1.29 is 4.79 Å². The zero-order chi connectivity index (χ0) is 12.8. The van der Waals surface area contributed by atoms with E-state index in [1.165, 1.54) is 0 Å². The number of nitrogens with one attached hydrogen (secondary N) is 3. The molecule has 1 saturated heterocycles. The van der Waals surface area contributed by atoms with Crippen molar-refractivity contribution in [2.75, 3.05) is 13.1 Å². The van der Waals surface area contributed by atoms with Gasteiger partial charge in [0.25, 0.3) is 0 Å². The van der Waals surface area contributed by atoms with Gasteiger partial charge in [0.15, 0.2) is 0 Å². The van der Waals surface area contributed by atoms with Crippen molar-refractivity contribution >= 4 is 5.91 Å². The molecule has 0 unspecified atom stereocenters. The van der Waals surface area contributed by atoms with Crippen LogP contribution >= 0.6 is 0 Å². The molecule has 1 fully saturated rings. The summed E-state index contributed by atoms with van der Waals surface area (Å²) in [6, 6.07) is 1.88. The minimum atomic E-state index is -0.167. The van der Waals surface area contributed by atoms with Crippen LogP contribution in [0.5, 0.6) is 0 Å². The normalized spacial score (nSPS) is 18.5. The summed E-state index contributed by atoms with van der Waals surface area (Å²) >= 11 is 0. The van der Waals surface area contributed by atoms with E-state index in [0.717, 1.165) is 44.5 Å². The summed E-state index contributed by atoms with van der Waals surface area (Å²) in [5.41, 5.74) is 0.781. The topological polar surface area (TPSA) is 69.8 Å². The third-order valence-corrected chi connectivity index (χ3v) is 3.77. The number of hydrogen-bond donors (Lipinski definition) is 3. The van der Waals surface area contributed by atoms with Gasteiger partial charge in [-0.3, -0.25) is 9.89 Å². The summed E-state index contributed by atoms with van der Waals surface area (Å²) in [5, 5.41) is 13.1. The summed E-state index contributed by atoms with van der Waals surface area (Å²) in [6.07, 6.45) is 5.61. The van der Waals surface area contributed by atoms with Crippen LogP contribution in [-0.4, -0.2) is 29.2 Å². The molecule has 1 aromatic rings. The third-order valence-electron chi connectivity index (χ3n) is 3.77. The molecular weight excluding hydrogens is 228 g/mol. The number of hydrogen-bond acceptors (Lipinski definition) is 3. The highest BCUT2D eigenvalue weighted by Crippen LogP contribution is 2.34. The van der Waals surface area contributed by atoms with E-state index in [2.05, 4.69) is 27.8 Å². The molecule has 2 rings (SSSR count). The molecule has 5 nitrogen and oxygen atoms in total. The standard InChI is InChI=1S/C13H22N4O/c1-2-4-13(5-8-14-9-6-13)12(18)15-10-11-3-7-16-17-11/h3,7,14H,2,4-6,8-10H2,1H3,(H,15,18)(H,16,17). The maximum atomic E-state index is 12.4. The van der Waals surface area contributed by atoms with Crippen LogP contribution in [0, 0.1) is 5.41 Å². The molecule has 1 amide bonds. The number of aromatic nitrogens is 2. The number of rotatable bonds is 5. The Bertz CT molecular complexity index is 363. The summed E-state index contributed by atoms with van der Waals surface area (Å²) in [5.74, 6) is 0.195. The van der Waals surface area contributed by atoms with E-state index in [4.69, 9.17) is 0 Å². The fraction of sp³-hybridized carbons (Fsp3) is 0.692. The van der Waals surface area contributed by atoms with Crippen LogP contribution in [0.15, 0.2) is 12.3 Å². The van der Waals surface area contributed by atoms with E-state index in [9.17, 15) is 4.79 Å². The largest absolute Gasteiger partial charge is 0.350 e. The average Bonchev–Trinajstić information content (AvgIpc) is 2.90. The lowest BCUT2D eigenvalue weighted by Gasteiger charge is -2.36. The number of carbonyl (C=O) groups is 1. The first-order chi connectivity index (χ1) is 8.77. The minimum Gasteiger partial charge on any atom is -0.350 e. The van der Waals surface area contributed by atoms with Crippen LogP contribution in [0.3, 0.4) is 0 Å². The Kier molecular flexibility index (Phi) is 4.36. The van der Waals surface area contributed by atoms with Crippen molar-refractivity contribution in [2.24, 2.45) is 5.41 Å². The molecule has 5 heteroatoms. The van der Waals surface area contributed by atoms with Crippen LogP contribution < -0.4 is 10.6 Å². The van der Waals surface area contributed by atoms with Crippen molar-refractivity contribution in [1.82, 2.24) is 20.8 Å². The molecule has 18 heavy (non-hydrogen) atoms. The van der Waals surface area contributed by atoms with E-state index < -0.39 is 0 Å². The van der Waals surface area contributed by atoms with Crippen molar-refractivity contribution in [1.29, 1.82) is 0 Å². The number of aromatic amines is 1. The number of nitrogens with zero attached hydrogens (tertiary/aromatic N) is 1. The second kappa shape index (κ2) is 6.00. The Morgan fingerprint density at radius 1 is 1.50 bits per heavy atom. The highest BCUT2D eigenvalue weighted by atomic mass is 16.2. The number of piperidine rings is 1. The molecule has 3 N–H and O–H groups in total. The molecule has 1 aliphatic heterocycles. The third kappa shape index (κ3) is 2.90. The molecule has 100 valence electrons. The van der Waals surface area contributed by atoms with Crippen LogP contribution in [0.4, 0.5) is 0 Å². The molecule has 0 radical (unpaired) electrons. The quantitative estimate of drug-likeness (QED) is 0.735. The Morgan fingerprint density at radius 3 is 2.89 bits per heavy atom. The smallest absolute Gasteiger partial charge is 0.226 e. The van der Waals surface area contributed by atoms with Crippen molar-refractivity contribution in [3.63, 3.8) is 0 Å². The van der Waals surface area contributed by atoms with E-state index >= 15 is 0 Å². The zero-order valence-electron chi connectivity index (χ0n) is 11.0. The number of carbonyl (C=O) groups excluding carboxylic acids is 1. The molecule has 0 atom stereocenters. The second-order valence-corrected chi connectivity index (χ2v) is 5.04. The first-order valence-corrected chi connectivity index (χ1v) is 6.74. The lowest BCUT2D eigenvalue weighted by atomic mass is 9.74. The van der Waals surface area contributed by atoms with Gasteiger partial charge in [-0.05, 0) is 38.4 Å². The fourth-order valence-corrected chi connectivity index (χ4v) is 2.72. The van der Waals surface area contributed by atoms with E-state index in [1.807, 2.05) is 6.07 Å². The predicted octanol–water partition coefficient (Wildman–Crippen LogP) is 1.20. The molecule has 0 aromatic carbocycles. The molecule has 0 aliphatic carbocycles. The SMILES string of the molecule is CCCC1(C(=O)NCc2ccn[nH]2)CCNCC1. The Labute approximate surface area is 108 Å². The van der Waals surface area contributed by atoms with Gasteiger partial charge in [0.1, 0.15) is 0 Å². The van der Waals surface area contributed by atoms with Crippen LogP contribution in [0.2, 0.25) is 0 Å². The van der Waals surface area contributed by atoms with Gasteiger partial charge >= 0.3 is 0 Å². The molecule has 2 heterocycles. The zero-order valence-corrected chi connectivity index (χ0v) is 11.0. The van der Waals surface area contributed by atoms with E-state index in [0.29, 0.717) is 6.54 Å². The summed E-state index contributed by atoms with van der Waals surface area (Å²) in [4.78, 5) is 12.4. The number of H-pyrrole nitrogens is 1. The van der Waals surface area contributed by atoms with Gasteiger partial charge in [-0.1, -0.05) is 13.3 Å². The summed E-state index contributed by atoms with van der Waals surface area (Å²) in [6.45, 7) is 4.57. The summed E-state index contributed by atoms with van der Waals surface area (Å²) < 4.78 is 0. The summed E-state index contributed by atoms with van der Waals surface area (Å²) in [7, 11) is 0. The van der Waals surface area contributed by atoms with Gasteiger partial charge in [-0.25, -0.2) is 0 Å². The van der Waals surface area contributed by atoms with Crippen LogP contribution in [0.1, 0.15) is 38.3 Å². The van der Waals surface area contributed by atoms with Gasteiger partial charge in [-0.2, -0.15) is 5.10 Å². The second-order valence-electron chi connectivity index (χ2n) is 5.04.